The van der Waals surface area contributed by atoms with Gasteiger partial charge in [0.2, 0.25) is 0 Å². The molecule has 0 saturated heterocycles. The number of aromatic nitrogens is 1. The van der Waals surface area contributed by atoms with Gasteiger partial charge in [0.1, 0.15) is 0 Å². The SMILES string of the molecule is CC(C)NCc1cc2cc3c(cc2n1C)CCCC1=CC(C(=O)O)CN=C13. The van der Waals surface area contributed by atoms with Crippen molar-refractivity contribution in [3.63, 3.8) is 0 Å². The van der Waals surface area contributed by atoms with Crippen molar-refractivity contribution >= 4 is 22.6 Å². The lowest BCUT2D eigenvalue weighted by Gasteiger charge is -2.18. The highest BCUT2D eigenvalue weighted by molar-refractivity contribution is 6.16. The minimum Gasteiger partial charge on any atom is -0.481 e. The molecule has 2 aliphatic rings. The molecule has 0 saturated carbocycles. The summed E-state index contributed by atoms with van der Waals surface area (Å²) in [5.41, 5.74) is 7.14. The molecule has 4 rings (SSSR count). The summed E-state index contributed by atoms with van der Waals surface area (Å²) in [5, 5.41) is 14.1. The van der Waals surface area contributed by atoms with Gasteiger partial charge in [-0.1, -0.05) is 19.9 Å². The average molecular weight is 365 g/mol. The van der Waals surface area contributed by atoms with Crippen LogP contribution in [0.15, 0.2) is 34.8 Å². The molecule has 2 aromatic rings. The van der Waals surface area contributed by atoms with Gasteiger partial charge in [-0.3, -0.25) is 9.79 Å². The van der Waals surface area contributed by atoms with E-state index in [0.717, 1.165) is 37.1 Å². The molecule has 2 heterocycles. The third kappa shape index (κ3) is 3.32. The molecule has 27 heavy (non-hydrogen) atoms. The molecule has 0 radical (unpaired) electrons. The van der Waals surface area contributed by atoms with Gasteiger partial charge in [-0.25, -0.2) is 0 Å². The Morgan fingerprint density at radius 1 is 1.33 bits per heavy atom. The Balaban J connectivity index is 1.76. The monoisotopic (exact) mass is 365 g/mol. The molecular weight excluding hydrogens is 338 g/mol. The first-order valence-corrected chi connectivity index (χ1v) is 9.77. The summed E-state index contributed by atoms with van der Waals surface area (Å²) in [4.78, 5) is 16.1. The Kier molecular flexibility index (Phi) is 4.64. The molecule has 0 spiro atoms. The van der Waals surface area contributed by atoms with Gasteiger partial charge in [-0.15, -0.1) is 0 Å². The lowest BCUT2D eigenvalue weighted by Crippen LogP contribution is -2.23. The number of aliphatic imine (C=N–C) groups is 1. The van der Waals surface area contributed by atoms with Gasteiger partial charge in [0.05, 0.1) is 18.2 Å². The van der Waals surface area contributed by atoms with Crippen molar-refractivity contribution in [2.24, 2.45) is 18.0 Å². The third-order valence-corrected chi connectivity index (χ3v) is 5.68. The van der Waals surface area contributed by atoms with Gasteiger partial charge in [-0.05, 0) is 48.6 Å². The summed E-state index contributed by atoms with van der Waals surface area (Å²) < 4.78 is 2.27. The second-order valence-corrected chi connectivity index (χ2v) is 7.98. The molecule has 1 aromatic heterocycles. The minimum absolute atomic E-state index is 0.337. The van der Waals surface area contributed by atoms with Crippen LogP contribution in [0.1, 0.15) is 43.5 Å². The summed E-state index contributed by atoms with van der Waals surface area (Å²) in [7, 11) is 2.13. The molecule has 1 atom stereocenters. The number of carbonyl (C=O) groups is 1. The van der Waals surface area contributed by atoms with Crippen LogP contribution in [-0.2, 0) is 24.8 Å². The number of aliphatic carboxylic acids is 1. The number of dihydropyridines is 1. The number of hydrogen-bond donors (Lipinski definition) is 2. The maximum Gasteiger partial charge on any atom is 0.312 e. The topological polar surface area (TPSA) is 66.6 Å². The van der Waals surface area contributed by atoms with E-state index >= 15 is 0 Å². The summed E-state index contributed by atoms with van der Waals surface area (Å²) in [6.07, 6.45) is 4.86. The Morgan fingerprint density at radius 2 is 2.15 bits per heavy atom. The van der Waals surface area contributed by atoms with Crippen molar-refractivity contribution < 1.29 is 9.90 Å². The smallest absolute Gasteiger partial charge is 0.312 e. The standard InChI is InChI=1S/C22H27N3O2/c1-13(2)23-12-18-8-16-9-19-14(10-20(16)25(18)3)5-4-6-15-7-17(22(26)27)11-24-21(15)19/h7-10,13,17,23H,4-6,11-12H2,1-3H3,(H,26,27). The maximum absolute atomic E-state index is 11.4. The second-order valence-electron chi connectivity index (χ2n) is 7.98. The van der Waals surface area contributed by atoms with E-state index in [0.29, 0.717) is 12.6 Å². The van der Waals surface area contributed by atoms with Gasteiger partial charge in [0.25, 0.3) is 0 Å². The van der Waals surface area contributed by atoms with Gasteiger partial charge >= 0.3 is 5.97 Å². The number of aryl methyl sites for hydroxylation is 2. The van der Waals surface area contributed by atoms with Crippen LogP contribution in [0.25, 0.3) is 10.9 Å². The van der Waals surface area contributed by atoms with E-state index in [9.17, 15) is 9.90 Å². The molecule has 1 aromatic carbocycles. The number of carboxylic acids is 1. The van der Waals surface area contributed by atoms with Gasteiger partial charge in [-0.2, -0.15) is 0 Å². The lowest BCUT2D eigenvalue weighted by atomic mass is 9.92. The highest BCUT2D eigenvalue weighted by Gasteiger charge is 2.26. The van der Waals surface area contributed by atoms with Crippen LogP contribution in [-0.4, -0.2) is 33.9 Å². The predicted molar refractivity (Wildman–Crippen MR) is 108 cm³/mol. The first-order valence-electron chi connectivity index (χ1n) is 9.77. The zero-order chi connectivity index (χ0) is 19.1. The summed E-state index contributed by atoms with van der Waals surface area (Å²) in [6, 6.07) is 7.26. The van der Waals surface area contributed by atoms with Gasteiger partial charge in [0, 0.05) is 41.8 Å². The van der Waals surface area contributed by atoms with Crippen LogP contribution in [0.5, 0.6) is 0 Å². The number of benzene rings is 1. The van der Waals surface area contributed by atoms with Gasteiger partial charge < -0.3 is 15.0 Å². The number of fused-ring (bicyclic) bond motifs is 4. The molecule has 1 aliphatic carbocycles. The first-order chi connectivity index (χ1) is 12.9. The Bertz CT molecular complexity index is 966. The largest absolute Gasteiger partial charge is 0.481 e. The van der Waals surface area contributed by atoms with Crippen molar-refractivity contribution in [3.8, 4) is 0 Å². The fourth-order valence-corrected chi connectivity index (χ4v) is 4.14. The number of nitrogens with one attached hydrogen (secondary N) is 1. The van der Waals surface area contributed by atoms with Crippen LogP contribution in [0.3, 0.4) is 0 Å². The number of nitrogens with zero attached hydrogens (tertiary/aromatic N) is 2. The Hall–Kier alpha value is -2.40. The summed E-state index contributed by atoms with van der Waals surface area (Å²) >= 11 is 0. The zero-order valence-corrected chi connectivity index (χ0v) is 16.2. The van der Waals surface area contributed by atoms with E-state index in [4.69, 9.17) is 4.99 Å². The Morgan fingerprint density at radius 3 is 2.89 bits per heavy atom. The van der Waals surface area contributed by atoms with E-state index in [-0.39, 0.29) is 0 Å². The Labute approximate surface area is 159 Å². The van der Waals surface area contributed by atoms with Crippen molar-refractivity contribution in [3.05, 3.63) is 46.7 Å². The number of hydrogen-bond acceptors (Lipinski definition) is 3. The molecular formula is C22H27N3O2. The molecule has 5 nitrogen and oxygen atoms in total. The van der Waals surface area contributed by atoms with Crippen molar-refractivity contribution in [2.75, 3.05) is 6.54 Å². The highest BCUT2D eigenvalue weighted by Crippen LogP contribution is 2.32. The van der Waals surface area contributed by atoms with Crippen molar-refractivity contribution in [2.45, 2.75) is 45.7 Å². The van der Waals surface area contributed by atoms with Gasteiger partial charge in [0.15, 0.2) is 0 Å². The fraction of sp³-hybridized carbons (Fsp3) is 0.455. The molecule has 0 fully saturated rings. The second kappa shape index (κ2) is 6.97. The quantitative estimate of drug-likeness (QED) is 0.872. The normalized spacial score (nSPS) is 19.3. The third-order valence-electron chi connectivity index (χ3n) is 5.68. The van der Waals surface area contributed by atoms with Crippen LogP contribution >= 0.6 is 0 Å². The van der Waals surface area contributed by atoms with E-state index in [1.165, 1.54) is 27.7 Å². The summed E-state index contributed by atoms with van der Waals surface area (Å²) in [6.45, 7) is 5.50. The maximum atomic E-state index is 11.4. The van der Waals surface area contributed by atoms with Crippen LogP contribution in [0.4, 0.5) is 0 Å². The van der Waals surface area contributed by atoms with E-state index in [1.54, 1.807) is 0 Å². The van der Waals surface area contributed by atoms with E-state index in [1.807, 2.05) is 6.08 Å². The zero-order valence-electron chi connectivity index (χ0n) is 16.2. The van der Waals surface area contributed by atoms with Crippen LogP contribution in [0.2, 0.25) is 0 Å². The van der Waals surface area contributed by atoms with E-state index in [2.05, 4.69) is 49.0 Å². The van der Waals surface area contributed by atoms with Crippen molar-refractivity contribution in [1.29, 1.82) is 0 Å². The molecule has 1 aliphatic heterocycles. The highest BCUT2D eigenvalue weighted by atomic mass is 16.4. The minimum atomic E-state index is -0.782. The molecule has 2 N–H and O–H groups in total. The lowest BCUT2D eigenvalue weighted by molar-refractivity contribution is -0.139. The summed E-state index contributed by atoms with van der Waals surface area (Å²) in [5.74, 6) is -1.27. The average Bonchev–Trinajstić information content (AvgIpc) is 2.83. The number of carboxylic acid groups (broad SMARTS) is 1. The van der Waals surface area contributed by atoms with Crippen LogP contribution in [0, 0.1) is 5.92 Å². The van der Waals surface area contributed by atoms with Crippen LogP contribution < -0.4 is 5.32 Å². The molecule has 0 bridgehead atoms. The molecule has 0 amide bonds. The van der Waals surface area contributed by atoms with E-state index < -0.39 is 11.9 Å². The van der Waals surface area contributed by atoms with Crippen molar-refractivity contribution in [1.82, 2.24) is 9.88 Å². The molecule has 5 heteroatoms. The predicted octanol–water partition coefficient (Wildman–Crippen LogP) is 3.44. The fourth-order valence-electron chi connectivity index (χ4n) is 4.14. The molecule has 1 unspecified atom stereocenters. The first kappa shape index (κ1) is 18.0. The number of allylic oxidation sites excluding steroid dienone is 1. The molecule has 142 valence electrons. The number of rotatable bonds is 4.